The Balaban J connectivity index is 2.15. The molecule has 1 aromatic heterocycles. The van der Waals surface area contributed by atoms with E-state index in [0.717, 1.165) is 15.6 Å². The Hall–Kier alpha value is -1.53. The number of benzene rings is 1. The largest absolute Gasteiger partial charge is 0.389 e. The summed E-state index contributed by atoms with van der Waals surface area (Å²) in [5.74, 6) is 0.340. The van der Waals surface area contributed by atoms with Gasteiger partial charge >= 0.3 is 0 Å². The van der Waals surface area contributed by atoms with Crippen molar-refractivity contribution in [1.82, 2.24) is 10.3 Å². The fourth-order valence-electron chi connectivity index (χ4n) is 1.38. The molecule has 0 aliphatic heterocycles. The van der Waals surface area contributed by atoms with Crippen LogP contribution in [0.2, 0.25) is 0 Å². The van der Waals surface area contributed by atoms with Crippen molar-refractivity contribution in [3.63, 3.8) is 0 Å². The van der Waals surface area contributed by atoms with Crippen molar-refractivity contribution < 1.29 is 4.79 Å². The minimum atomic E-state index is -0.0185. The zero-order valence-corrected chi connectivity index (χ0v) is 11.5. The third kappa shape index (κ3) is 3.02. The number of anilines is 1. The lowest BCUT2D eigenvalue weighted by molar-refractivity contribution is -0.118. The Morgan fingerprint density at radius 3 is 2.83 bits per heavy atom. The molecule has 1 aromatic carbocycles. The van der Waals surface area contributed by atoms with E-state index in [2.05, 4.69) is 10.3 Å². The maximum Gasteiger partial charge on any atom is 0.230 e. The van der Waals surface area contributed by atoms with E-state index in [0.29, 0.717) is 10.8 Å². The van der Waals surface area contributed by atoms with Gasteiger partial charge in [0.1, 0.15) is 10.7 Å². The van der Waals surface area contributed by atoms with E-state index in [1.807, 2.05) is 30.3 Å². The Labute approximate surface area is 114 Å². The Morgan fingerprint density at radius 2 is 2.17 bits per heavy atom. The molecule has 0 aliphatic rings. The molecule has 0 fully saturated rings. The van der Waals surface area contributed by atoms with Crippen LogP contribution in [0.5, 0.6) is 0 Å². The molecular formula is C12H13N3OS2. The summed E-state index contributed by atoms with van der Waals surface area (Å²) in [7, 11) is 1.62. The van der Waals surface area contributed by atoms with Crippen molar-refractivity contribution in [3.05, 3.63) is 30.3 Å². The molecule has 0 radical (unpaired) electrons. The second kappa shape index (κ2) is 5.88. The van der Waals surface area contributed by atoms with Gasteiger partial charge in [0.2, 0.25) is 5.91 Å². The fraction of sp³-hybridized carbons (Fsp3) is 0.167. The van der Waals surface area contributed by atoms with Gasteiger partial charge in [-0.3, -0.25) is 4.79 Å². The molecule has 0 bridgehead atoms. The Kier molecular flexibility index (Phi) is 4.22. The molecule has 18 heavy (non-hydrogen) atoms. The molecule has 3 N–H and O–H groups in total. The van der Waals surface area contributed by atoms with E-state index in [1.54, 1.807) is 7.05 Å². The quantitative estimate of drug-likeness (QED) is 0.842. The van der Waals surface area contributed by atoms with Gasteiger partial charge in [0.25, 0.3) is 0 Å². The predicted octanol–water partition coefficient (Wildman–Crippen LogP) is 2.23. The second-order valence-corrected chi connectivity index (χ2v) is 5.77. The molecule has 0 spiro atoms. The molecule has 0 saturated heterocycles. The maximum atomic E-state index is 11.2. The summed E-state index contributed by atoms with van der Waals surface area (Å²) in [4.78, 5) is 15.6. The van der Waals surface area contributed by atoms with Gasteiger partial charge in [-0.15, -0.1) is 0 Å². The van der Waals surface area contributed by atoms with Crippen LogP contribution in [-0.4, -0.2) is 23.7 Å². The summed E-state index contributed by atoms with van der Waals surface area (Å²) in [6, 6.07) is 9.79. The number of thioether (sulfide) groups is 1. The molecule has 0 saturated carbocycles. The van der Waals surface area contributed by atoms with Crippen molar-refractivity contribution in [1.29, 1.82) is 0 Å². The number of nitrogens with two attached hydrogens (primary N) is 1. The van der Waals surface area contributed by atoms with Crippen LogP contribution in [0.4, 0.5) is 5.00 Å². The van der Waals surface area contributed by atoms with Crippen LogP contribution in [0.3, 0.4) is 0 Å². The van der Waals surface area contributed by atoms with Crippen LogP contribution in [0.15, 0.2) is 34.7 Å². The SMILES string of the molecule is CNC(=O)CSc1nc(-c2ccccc2)c(N)s1. The summed E-state index contributed by atoms with van der Waals surface area (Å²) >= 11 is 2.81. The molecule has 94 valence electrons. The van der Waals surface area contributed by atoms with Crippen molar-refractivity contribution in [2.45, 2.75) is 4.34 Å². The molecule has 4 nitrogen and oxygen atoms in total. The number of amides is 1. The number of aromatic nitrogens is 1. The van der Waals surface area contributed by atoms with Gasteiger partial charge in [-0.25, -0.2) is 4.98 Å². The molecule has 0 unspecified atom stereocenters. The number of nitrogen functional groups attached to an aromatic ring is 1. The average molecular weight is 279 g/mol. The van der Waals surface area contributed by atoms with Gasteiger partial charge in [-0.05, 0) is 0 Å². The number of hydrogen-bond donors (Lipinski definition) is 2. The highest BCUT2D eigenvalue weighted by atomic mass is 32.2. The van der Waals surface area contributed by atoms with Crippen LogP contribution >= 0.6 is 23.1 Å². The molecule has 2 rings (SSSR count). The molecular weight excluding hydrogens is 266 g/mol. The molecule has 0 atom stereocenters. The number of hydrogen-bond acceptors (Lipinski definition) is 5. The van der Waals surface area contributed by atoms with E-state index < -0.39 is 0 Å². The number of rotatable bonds is 4. The summed E-state index contributed by atoms with van der Waals surface area (Å²) < 4.78 is 0.815. The highest BCUT2D eigenvalue weighted by molar-refractivity contribution is 8.01. The van der Waals surface area contributed by atoms with E-state index in [4.69, 9.17) is 5.73 Å². The van der Waals surface area contributed by atoms with Gasteiger partial charge in [0, 0.05) is 12.6 Å². The van der Waals surface area contributed by atoms with Gasteiger partial charge in [0.15, 0.2) is 4.34 Å². The maximum absolute atomic E-state index is 11.2. The average Bonchev–Trinajstić information content (AvgIpc) is 2.78. The highest BCUT2D eigenvalue weighted by Crippen LogP contribution is 2.35. The van der Waals surface area contributed by atoms with Crippen LogP contribution < -0.4 is 11.1 Å². The standard InChI is InChI=1S/C12H13N3OS2/c1-14-9(16)7-17-12-15-10(11(13)18-12)8-5-3-2-4-6-8/h2-6H,7,13H2,1H3,(H,14,16). The smallest absolute Gasteiger partial charge is 0.230 e. The summed E-state index contributed by atoms with van der Waals surface area (Å²) in [5, 5.41) is 3.26. The van der Waals surface area contributed by atoms with Gasteiger partial charge in [-0.1, -0.05) is 53.4 Å². The number of nitrogens with one attached hydrogen (secondary N) is 1. The monoisotopic (exact) mass is 279 g/mol. The summed E-state index contributed by atoms with van der Waals surface area (Å²) in [5.41, 5.74) is 7.74. The van der Waals surface area contributed by atoms with Crippen LogP contribution in [0.25, 0.3) is 11.3 Å². The molecule has 1 heterocycles. The number of carbonyl (C=O) groups excluding carboxylic acids is 1. The lowest BCUT2D eigenvalue weighted by Crippen LogP contribution is -2.19. The minimum absolute atomic E-state index is 0.0185. The first kappa shape index (κ1) is 12.9. The van der Waals surface area contributed by atoms with Gasteiger partial charge in [0.05, 0.1) is 5.75 Å². The van der Waals surface area contributed by atoms with E-state index >= 15 is 0 Å². The lowest BCUT2D eigenvalue weighted by atomic mass is 10.2. The first-order chi connectivity index (χ1) is 8.70. The van der Waals surface area contributed by atoms with Crippen molar-refractivity contribution in [3.8, 4) is 11.3 Å². The zero-order chi connectivity index (χ0) is 13.0. The lowest BCUT2D eigenvalue weighted by Gasteiger charge is -1.97. The number of nitrogens with zero attached hydrogens (tertiary/aromatic N) is 1. The second-order valence-electron chi connectivity index (χ2n) is 3.52. The van der Waals surface area contributed by atoms with Crippen molar-refractivity contribution >= 4 is 34.0 Å². The topological polar surface area (TPSA) is 68.0 Å². The minimum Gasteiger partial charge on any atom is -0.389 e. The van der Waals surface area contributed by atoms with Gasteiger partial charge in [-0.2, -0.15) is 0 Å². The van der Waals surface area contributed by atoms with Gasteiger partial charge < -0.3 is 11.1 Å². The van der Waals surface area contributed by atoms with Crippen molar-refractivity contribution in [2.24, 2.45) is 0 Å². The fourth-order valence-corrected chi connectivity index (χ4v) is 3.20. The molecule has 0 aliphatic carbocycles. The first-order valence-electron chi connectivity index (χ1n) is 5.36. The van der Waals surface area contributed by atoms with E-state index in [9.17, 15) is 4.79 Å². The molecule has 2 aromatic rings. The predicted molar refractivity (Wildman–Crippen MR) is 76.8 cm³/mol. The van der Waals surface area contributed by atoms with Crippen LogP contribution in [-0.2, 0) is 4.79 Å². The normalized spacial score (nSPS) is 10.3. The Bertz CT molecular complexity index is 540. The summed E-state index contributed by atoms with van der Waals surface area (Å²) in [6.45, 7) is 0. The summed E-state index contributed by atoms with van der Waals surface area (Å²) in [6.07, 6.45) is 0. The third-order valence-electron chi connectivity index (χ3n) is 2.29. The third-order valence-corrected chi connectivity index (χ3v) is 4.31. The molecule has 6 heteroatoms. The molecule has 1 amide bonds. The van der Waals surface area contributed by atoms with Crippen LogP contribution in [0.1, 0.15) is 0 Å². The van der Waals surface area contributed by atoms with E-state index in [1.165, 1.54) is 23.1 Å². The first-order valence-corrected chi connectivity index (χ1v) is 7.16. The number of thiazole rings is 1. The Morgan fingerprint density at radius 1 is 1.44 bits per heavy atom. The zero-order valence-electron chi connectivity index (χ0n) is 9.84. The highest BCUT2D eigenvalue weighted by Gasteiger charge is 2.11. The van der Waals surface area contributed by atoms with E-state index in [-0.39, 0.29) is 5.91 Å². The van der Waals surface area contributed by atoms with Crippen LogP contribution in [0, 0.1) is 0 Å². The van der Waals surface area contributed by atoms with Crippen molar-refractivity contribution in [2.75, 3.05) is 18.5 Å². The number of carbonyl (C=O) groups is 1.